The lowest BCUT2D eigenvalue weighted by molar-refractivity contribution is 0.977. The molecular formula is C16H11BrClN3. The highest BCUT2D eigenvalue weighted by Crippen LogP contribution is 2.28. The van der Waals surface area contributed by atoms with Gasteiger partial charge in [-0.2, -0.15) is 5.26 Å². The van der Waals surface area contributed by atoms with Crippen molar-refractivity contribution >= 4 is 38.6 Å². The molecule has 2 aromatic carbocycles. The number of fused-ring (bicyclic) bond motifs is 1. The van der Waals surface area contributed by atoms with E-state index in [4.69, 9.17) is 11.6 Å². The van der Waals surface area contributed by atoms with Gasteiger partial charge in [-0.25, -0.2) is 4.98 Å². The Balaban J connectivity index is 2.40. The Hall–Kier alpha value is -1.83. The van der Waals surface area contributed by atoms with Crippen LogP contribution in [0.4, 0.5) is 0 Å². The lowest BCUT2D eigenvalue weighted by Crippen LogP contribution is -2.02. The number of benzene rings is 2. The minimum absolute atomic E-state index is 0.287. The Labute approximate surface area is 135 Å². The second kappa shape index (κ2) is 5.51. The van der Waals surface area contributed by atoms with E-state index in [1.54, 1.807) is 6.07 Å². The molecule has 3 nitrogen and oxygen atoms in total. The van der Waals surface area contributed by atoms with E-state index in [-0.39, 0.29) is 5.88 Å². The third-order valence-corrected chi connectivity index (χ3v) is 4.13. The average molecular weight is 361 g/mol. The van der Waals surface area contributed by atoms with Crippen LogP contribution in [0.25, 0.3) is 16.7 Å². The van der Waals surface area contributed by atoms with Gasteiger partial charge in [-0.3, -0.25) is 4.57 Å². The molecule has 0 N–H and O–H groups in total. The number of hydrogen-bond donors (Lipinski definition) is 0. The van der Waals surface area contributed by atoms with Crippen molar-refractivity contribution in [2.75, 3.05) is 0 Å². The zero-order chi connectivity index (χ0) is 15.0. The number of nitrogens with zero attached hydrogens (tertiary/aromatic N) is 3. The number of aryl methyl sites for hydroxylation is 1. The summed E-state index contributed by atoms with van der Waals surface area (Å²) in [5.74, 6) is 1.02. The SMILES string of the molecule is Cc1cccc2c1nc(CCl)n2-c1ccc(Br)cc1C#N. The van der Waals surface area contributed by atoms with Crippen molar-refractivity contribution < 1.29 is 0 Å². The van der Waals surface area contributed by atoms with Crippen molar-refractivity contribution in [3.8, 4) is 11.8 Å². The molecule has 0 unspecified atom stereocenters. The second-order valence-corrected chi connectivity index (χ2v) is 5.90. The van der Waals surface area contributed by atoms with E-state index in [0.717, 1.165) is 32.6 Å². The third-order valence-electron chi connectivity index (χ3n) is 3.40. The molecular weight excluding hydrogens is 350 g/mol. The molecule has 1 aromatic heterocycles. The highest BCUT2D eigenvalue weighted by molar-refractivity contribution is 9.10. The Morgan fingerprint density at radius 1 is 1.33 bits per heavy atom. The van der Waals surface area contributed by atoms with Crippen LogP contribution >= 0.6 is 27.5 Å². The summed E-state index contributed by atoms with van der Waals surface area (Å²) in [7, 11) is 0. The van der Waals surface area contributed by atoms with Crippen LogP contribution in [0.15, 0.2) is 40.9 Å². The molecule has 21 heavy (non-hydrogen) atoms. The fraction of sp³-hybridized carbons (Fsp3) is 0.125. The molecule has 0 aliphatic rings. The number of nitriles is 1. The number of halogens is 2. The molecule has 3 rings (SSSR count). The molecule has 1 heterocycles. The minimum atomic E-state index is 0.287. The number of aromatic nitrogens is 2. The van der Waals surface area contributed by atoms with Crippen LogP contribution in [0.2, 0.25) is 0 Å². The topological polar surface area (TPSA) is 41.6 Å². The van der Waals surface area contributed by atoms with Crippen LogP contribution in [0, 0.1) is 18.3 Å². The highest BCUT2D eigenvalue weighted by Gasteiger charge is 2.15. The van der Waals surface area contributed by atoms with E-state index in [2.05, 4.69) is 27.0 Å². The van der Waals surface area contributed by atoms with Gasteiger partial charge in [0.25, 0.3) is 0 Å². The number of para-hydroxylation sites is 1. The van der Waals surface area contributed by atoms with Crippen LogP contribution in [0.1, 0.15) is 17.0 Å². The average Bonchev–Trinajstić information content (AvgIpc) is 2.87. The van der Waals surface area contributed by atoms with Crippen molar-refractivity contribution in [2.45, 2.75) is 12.8 Å². The van der Waals surface area contributed by atoms with E-state index >= 15 is 0 Å². The van der Waals surface area contributed by atoms with E-state index in [1.807, 2.05) is 41.8 Å². The first-order valence-corrected chi connectivity index (χ1v) is 7.71. The quantitative estimate of drug-likeness (QED) is 0.621. The highest BCUT2D eigenvalue weighted by atomic mass is 79.9. The Morgan fingerprint density at radius 3 is 2.86 bits per heavy atom. The van der Waals surface area contributed by atoms with Gasteiger partial charge < -0.3 is 0 Å². The maximum absolute atomic E-state index is 9.39. The molecule has 0 atom stereocenters. The Kier molecular flexibility index (Phi) is 3.71. The maximum atomic E-state index is 9.39. The van der Waals surface area contributed by atoms with Crippen molar-refractivity contribution in [3.63, 3.8) is 0 Å². The molecule has 5 heteroatoms. The van der Waals surface area contributed by atoms with Gasteiger partial charge in [-0.15, -0.1) is 11.6 Å². The summed E-state index contributed by atoms with van der Waals surface area (Å²) in [6.07, 6.45) is 0. The molecule has 0 aliphatic carbocycles. The van der Waals surface area contributed by atoms with E-state index in [1.165, 1.54) is 0 Å². The molecule has 0 radical (unpaired) electrons. The zero-order valence-corrected chi connectivity index (χ0v) is 13.6. The van der Waals surface area contributed by atoms with Gasteiger partial charge in [0.2, 0.25) is 0 Å². The molecule has 0 spiro atoms. The fourth-order valence-electron chi connectivity index (χ4n) is 2.44. The fourth-order valence-corrected chi connectivity index (χ4v) is 2.98. The number of alkyl halides is 1. The molecule has 0 amide bonds. The first kappa shape index (κ1) is 14.1. The zero-order valence-electron chi connectivity index (χ0n) is 11.3. The largest absolute Gasteiger partial charge is 0.294 e. The normalized spacial score (nSPS) is 10.8. The summed E-state index contributed by atoms with van der Waals surface area (Å²) in [5.41, 5.74) is 4.35. The first-order valence-electron chi connectivity index (χ1n) is 6.38. The monoisotopic (exact) mass is 359 g/mol. The molecule has 0 saturated carbocycles. The van der Waals surface area contributed by atoms with Crippen molar-refractivity contribution in [1.29, 1.82) is 5.26 Å². The second-order valence-electron chi connectivity index (χ2n) is 4.71. The van der Waals surface area contributed by atoms with Gasteiger partial charge in [0.1, 0.15) is 11.9 Å². The van der Waals surface area contributed by atoms with E-state index < -0.39 is 0 Å². The van der Waals surface area contributed by atoms with Crippen LogP contribution in [0.3, 0.4) is 0 Å². The van der Waals surface area contributed by atoms with Crippen LogP contribution in [-0.4, -0.2) is 9.55 Å². The molecule has 0 bridgehead atoms. The van der Waals surface area contributed by atoms with Crippen LogP contribution < -0.4 is 0 Å². The maximum Gasteiger partial charge on any atom is 0.129 e. The molecule has 0 aliphatic heterocycles. The standard InChI is InChI=1S/C16H11BrClN3/c1-10-3-2-4-14-16(10)20-15(8-18)21(14)13-6-5-12(17)7-11(13)9-19/h2-7H,8H2,1H3. The summed E-state index contributed by atoms with van der Waals surface area (Å²) in [4.78, 5) is 4.61. The van der Waals surface area contributed by atoms with Crippen LogP contribution in [0.5, 0.6) is 0 Å². The molecule has 0 fully saturated rings. The van der Waals surface area contributed by atoms with Gasteiger partial charge >= 0.3 is 0 Å². The predicted octanol–water partition coefficient (Wildman–Crippen LogP) is 4.71. The molecule has 0 saturated heterocycles. The van der Waals surface area contributed by atoms with Gasteiger partial charge in [-0.05, 0) is 36.8 Å². The Morgan fingerprint density at radius 2 is 2.14 bits per heavy atom. The predicted molar refractivity (Wildman–Crippen MR) is 87.8 cm³/mol. The van der Waals surface area contributed by atoms with E-state index in [0.29, 0.717) is 5.56 Å². The van der Waals surface area contributed by atoms with Gasteiger partial charge in [0, 0.05) is 4.47 Å². The molecule has 104 valence electrons. The lowest BCUT2D eigenvalue weighted by atomic mass is 10.1. The van der Waals surface area contributed by atoms with Crippen molar-refractivity contribution in [2.24, 2.45) is 0 Å². The summed E-state index contributed by atoms with van der Waals surface area (Å²) in [6.45, 7) is 2.02. The van der Waals surface area contributed by atoms with Crippen LogP contribution in [-0.2, 0) is 5.88 Å². The summed E-state index contributed by atoms with van der Waals surface area (Å²) in [5, 5.41) is 9.39. The van der Waals surface area contributed by atoms with Gasteiger partial charge in [-0.1, -0.05) is 28.1 Å². The smallest absolute Gasteiger partial charge is 0.129 e. The minimum Gasteiger partial charge on any atom is -0.294 e. The van der Waals surface area contributed by atoms with Crippen molar-refractivity contribution in [3.05, 3.63) is 57.8 Å². The lowest BCUT2D eigenvalue weighted by Gasteiger charge is -2.10. The first-order chi connectivity index (χ1) is 10.2. The number of rotatable bonds is 2. The Bertz CT molecular complexity index is 877. The van der Waals surface area contributed by atoms with Crippen molar-refractivity contribution in [1.82, 2.24) is 9.55 Å². The number of hydrogen-bond acceptors (Lipinski definition) is 2. The van der Waals surface area contributed by atoms with Gasteiger partial charge in [0.05, 0.1) is 28.2 Å². The van der Waals surface area contributed by atoms with Gasteiger partial charge in [0.15, 0.2) is 0 Å². The molecule has 3 aromatic rings. The van der Waals surface area contributed by atoms with E-state index in [9.17, 15) is 5.26 Å². The summed E-state index contributed by atoms with van der Waals surface area (Å²) < 4.78 is 2.83. The third kappa shape index (κ3) is 2.33. The summed E-state index contributed by atoms with van der Waals surface area (Å²) >= 11 is 9.45. The summed E-state index contributed by atoms with van der Waals surface area (Å²) in [6, 6.07) is 13.8. The number of imidazole rings is 1.